The van der Waals surface area contributed by atoms with E-state index >= 15 is 0 Å². The average molecular weight is 403 g/mol. The average Bonchev–Trinajstić information content (AvgIpc) is 2.44. The van der Waals surface area contributed by atoms with Crippen LogP contribution >= 0.6 is 35.6 Å². The van der Waals surface area contributed by atoms with Gasteiger partial charge in [-0.2, -0.15) is 0 Å². The van der Waals surface area contributed by atoms with Gasteiger partial charge in [0.05, 0.1) is 0 Å². The zero-order valence-electron chi connectivity index (χ0n) is 12.1. The van der Waals surface area contributed by atoms with Crippen molar-refractivity contribution < 1.29 is 22.6 Å². The number of rotatable bonds is 5. The summed E-state index contributed by atoms with van der Waals surface area (Å²) in [5.41, 5.74) is 6.25. The lowest BCUT2D eigenvalue weighted by molar-refractivity contribution is -0.275. The summed E-state index contributed by atoms with van der Waals surface area (Å²) in [7, 11) is 0. The number of halogens is 6. The van der Waals surface area contributed by atoms with Gasteiger partial charge in [0.1, 0.15) is 6.61 Å². The van der Waals surface area contributed by atoms with E-state index in [9.17, 15) is 13.2 Å². The highest BCUT2D eigenvalue weighted by Gasteiger charge is 2.32. The molecule has 3 nitrogen and oxygen atoms in total. The molecule has 0 heterocycles. The van der Waals surface area contributed by atoms with Crippen molar-refractivity contribution in [3.63, 3.8) is 0 Å². The molecule has 0 saturated heterocycles. The van der Waals surface area contributed by atoms with Gasteiger partial charge >= 0.3 is 6.36 Å². The van der Waals surface area contributed by atoms with Crippen molar-refractivity contribution in [2.45, 2.75) is 6.36 Å². The fraction of sp³-hybridized carbons (Fsp3) is 0.200. The first kappa shape index (κ1) is 20.7. The predicted molar refractivity (Wildman–Crippen MR) is 90.4 cm³/mol. The van der Waals surface area contributed by atoms with Gasteiger partial charge in [0.2, 0.25) is 0 Å². The van der Waals surface area contributed by atoms with Crippen molar-refractivity contribution in [3.05, 3.63) is 46.4 Å². The Hall–Kier alpha value is -1.34. The van der Waals surface area contributed by atoms with E-state index in [-0.39, 0.29) is 31.3 Å². The molecule has 0 saturated carbocycles. The van der Waals surface area contributed by atoms with Crippen LogP contribution in [0.15, 0.2) is 36.4 Å². The van der Waals surface area contributed by atoms with Crippen molar-refractivity contribution >= 4 is 35.6 Å². The Bertz CT molecular complexity index is 696. The summed E-state index contributed by atoms with van der Waals surface area (Å²) >= 11 is 11.9. The number of hydrogen-bond acceptors (Lipinski definition) is 3. The molecule has 2 rings (SSSR count). The fourth-order valence-corrected chi connectivity index (χ4v) is 2.41. The van der Waals surface area contributed by atoms with Gasteiger partial charge in [-0.3, -0.25) is 0 Å². The molecule has 0 aliphatic rings. The predicted octanol–water partition coefficient (Wildman–Crippen LogP) is 5.32. The third-order valence-corrected chi connectivity index (χ3v) is 3.33. The first-order chi connectivity index (χ1) is 10.8. The van der Waals surface area contributed by atoms with E-state index in [4.69, 9.17) is 33.7 Å². The normalized spacial score (nSPS) is 10.9. The lowest BCUT2D eigenvalue weighted by atomic mass is 10.1. The van der Waals surface area contributed by atoms with Crippen LogP contribution in [0.3, 0.4) is 0 Å². The van der Waals surface area contributed by atoms with Crippen LogP contribution in [-0.4, -0.2) is 19.5 Å². The zero-order valence-corrected chi connectivity index (χ0v) is 14.4. The molecule has 0 aliphatic heterocycles. The largest absolute Gasteiger partial charge is 0.573 e. The molecule has 0 radical (unpaired) electrons. The van der Waals surface area contributed by atoms with Crippen LogP contribution in [0.5, 0.6) is 11.5 Å². The minimum atomic E-state index is -4.84. The molecule has 9 heteroatoms. The molecule has 0 fully saturated rings. The van der Waals surface area contributed by atoms with Gasteiger partial charge in [-0.25, -0.2) is 0 Å². The third-order valence-electron chi connectivity index (χ3n) is 2.79. The number of hydrogen-bond donors (Lipinski definition) is 1. The molecule has 0 aromatic heterocycles. The molecule has 0 atom stereocenters. The van der Waals surface area contributed by atoms with Gasteiger partial charge in [0.15, 0.2) is 11.5 Å². The Balaban J connectivity index is 0.00000288. The first-order valence-corrected chi connectivity index (χ1v) is 7.24. The van der Waals surface area contributed by atoms with Crippen LogP contribution < -0.4 is 15.2 Å². The van der Waals surface area contributed by atoms with Crippen LogP contribution in [0.25, 0.3) is 11.1 Å². The lowest BCUT2D eigenvalue weighted by Crippen LogP contribution is -2.18. The second-order valence-corrected chi connectivity index (χ2v) is 5.31. The molecule has 0 bridgehead atoms. The Labute approximate surface area is 152 Å². The van der Waals surface area contributed by atoms with Crippen molar-refractivity contribution in [3.8, 4) is 22.6 Å². The van der Waals surface area contributed by atoms with Gasteiger partial charge in [-0.05, 0) is 29.8 Å². The molecule has 0 spiro atoms. The summed E-state index contributed by atoms with van der Waals surface area (Å²) in [6.07, 6.45) is -4.84. The van der Waals surface area contributed by atoms with Gasteiger partial charge in [-0.1, -0.05) is 35.3 Å². The SMILES string of the molecule is Cl.NCCOc1ccc(-c2ccc(Cl)cc2Cl)cc1OC(F)(F)F. The Kier molecular flexibility index (Phi) is 7.48. The maximum Gasteiger partial charge on any atom is 0.573 e. The van der Waals surface area contributed by atoms with Gasteiger partial charge < -0.3 is 15.2 Å². The number of nitrogens with two attached hydrogens (primary N) is 1. The maximum absolute atomic E-state index is 12.6. The van der Waals surface area contributed by atoms with Crippen LogP contribution in [0, 0.1) is 0 Å². The van der Waals surface area contributed by atoms with Gasteiger partial charge in [0.25, 0.3) is 0 Å². The van der Waals surface area contributed by atoms with Crippen LogP contribution in [0.1, 0.15) is 0 Å². The number of alkyl halides is 3. The van der Waals surface area contributed by atoms with E-state index in [1.165, 1.54) is 18.2 Å². The first-order valence-electron chi connectivity index (χ1n) is 6.48. The zero-order chi connectivity index (χ0) is 17.0. The highest BCUT2D eigenvalue weighted by molar-refractivity contribution is 6.36. The molecular formula is C15H13Cl3F3NO2. The smallest absolute Gasteiger partial charge is 0.488 e. The second-order valence-electron chi connectivity index (χ2n) is 4.47. The molecule has 2 aromatic carbocycles. The van der Waals surface area contributed by atoms with Crippen LogP contribution in [0.2, 0.25) is 10.0 Å². The minimum Gasteiger partial charge on any atom is -0.488 e. The van der Waals surface area contributed by atoms with E-state index in [1.54, 1.807) is 18.2 Å². The van der Waals surface area contributed by atoms with E-state index in [0.717, 1.165) is 0 Å². The molecule has 0 amide bonds. The third kappa shape index (κ3) is 5.63. The molecule has 132 valence electrons. The van der Waals surface area contributed by atoms with Crippen LogP contribution in [-0.2, 0) is 0 Å². The molecule has 0 aliphatic carbocycles. The summed E-state index contributed by atoms with van der Waals surface area (Å²) in [5.74, 6) is -0.518. The monoisotopic (exact) mass is 401 g/mol. The Morgan fingerprint density at radius 1 is 1.00 bits per heavy atom. The quantitative estimate of drug-likeness (QED) is 0.736. The molecule has 2 N–H and O–H groups in total. The Morgan fingerprint density at radius 2 is 1.71 bits per heavy atom. The summed E-state index contributed by atoms with van der Waals surface area (Å²) in [6, 6.07) is 8.85. The highest BCUT2D eigenvalue weighted by atomic mass is 35.5. The lowest BCUT2D eigenvalue weighted by Gasteiger charge is -2.15. The Morgan fingerprint density at radius 3 is 2.29 bits per heavy atom. The van der Waals surface area contributed by atoms with Crippen molar-refractivity contribution in [1.82, 2.24) is 0 Å². The van der Waals surface area contributed by atoms with Crippen molar-refractivity contribution in [2.24, 2.45) is 5.73 Å². The van der Waals surface area contributed by atoms with E-state index in [1.807, 2.05) is 0 Å². The molecule has 24 heavy (non-hydrogen) atoms. The topological polar surface area (TPSA) is 44.5 Å². The van der Waals surface area contributed by atoms with Crippen molar-refractivity contribution in [1.29, 1.82) is 0 Å². The summed E-state index contributed by atoms with van der Waals surface area (Å²) in [4.78, 5) is 0. The fourth-order valence-electron chi connectivity index (χ4n) is 1.89. The molecular weight excluding hydrogens is 390 g/mol. The highest BCUT2D eigenvalue weighted by Crippen LogP contribution is 2.38. The van der Waals surface area contributed by atoms with Gasteiger partial charge in [-0.15, -0.1) is 25.6 Å². The van der Waals surface area contributed by atoms with E-state index in [2.05, 4.69) is 4.74 Å². The minimum absolute atomic E-state index is 0. The van der Waals surface area contributed by atoms with Crippen LogP contribution in [0.4, 0.5) is 13.2 Å². The van der Waals surface area contributed by atoms with E-state index < -0.39 is 12.1 Å². The standard InChI is InChI=1S/C15H12Cl2F3NO2.ClH/c16-10-2-3-11(12(17)8-10)9-1-4-13(22-6-5-21)14(7-9)23-15(18,19)20;/h1-4,7-8H,5-6,21H2;1H. The molecule has 0 unspecified atom stereocenters. The van der Waals surface area contributed by atoms with Crippen molar-refractivity contribution in [2.75, 3.05) is 13.2 Å². The number of ether oxygens (including phenoxy) is 2. The summed E-state index contributed by atoms with van der Waals surface area (Å²) < 4.78 is 46.9. The second kappa shape index (κ2) is 8.67. The van der Waals surface area contributed by atoms with E-state index in [0.29, 0.717) is 21.2 Å². The summed E-state index contributed by atoms with van der Waals surface area (Å²) in [6.45, 7) is 0.228. The summed E-state index contributed by atoms with van der Waals surface area (Å²) in [5, 5.41) is 0.736. The maximum atomic E-state index is 12.6. The van der Waals surface area contributed by atoms with Gasteiger partial charge in [0, 0.05) is 22.2 Å². The number of benzene rings is 2. The molecule has 2 aromatic rings.